The first-order valence-electron chi connectivity index (χ1n) is 5.05. The highest BCUT2D eigenvalue weighted by Crippen LogP contribution is 2.19. The van der Waals surface area contributed by atoms with Crippen molar-refractivity contribution in [3.63, 3.8) is 0 Å². The fourth-order valence-electron chi connectivity index (χ4n) is 1.25. The van der Waals surface area contributed by atoms with Crippen LogP contribution >= 0.6 is 34.8 Å². The number of thiocarbonyl (C=S) groups is 1. The lowest BCUT2D eigenvalue weighted by Crippen LogP contribution is -2.25. The fourth-order valence-corrected chi connectivity index (χ4v) is 1.89. The van der Waals surface area contributed by atoms with Crippen molar-refractivity contribution >= 4 is 45.7 Å². The smallest absolute Gasteiger partial charge is 0.255 e. The van der Waals surface area contributed by atoms with Gasteiger partial charge in [-0.25, -0.2) is 0 Å². The first kappa shape index (κ1) is 14.2. The van der Waals surface area contributed by atoms with E-state index < -0.39 is 0 Å². The second-order valence-corrected chi connectivity index (χ2v) is 5.26. The predicted molar refractivity (Wildman–Crippen MR) is 79.2 cm³/mol. The van der Waals surface area contributed by atoms with Crippen LogP contribution in [0.2, 0.25) is 0 Å². The van der Waals surface area contributed by atoms with E-state index >= 15 is 0 Å². The molecular formula is C11H13IN2O2S. The molecule has 0 heterocycles. The van der Waals surface area contributed by atoms with Gasteiger partial charge in [0.25, 0.3) is 5.91 Å². The largest absolute Gasteiger partial charge is 0.507 e. The Bertz CT molecular complexity index is 437. The van der Waals surface area contributed by atoms with Crippen molar-refractivity contribution in [2.75, 3.05) is 6.54 Å². The number of nitrogens with two attached hydrogens (primary N) is 1. The van der Waals surface area contributed by atoms with Crippen LogP contribution in [-0.2, 0) is 0 Å². The summed E-state index contributed by atoms with van der Waals surface area (Å²) in [6.45, 7) is 0.487. The summed E-state index contributed by atoms with van der Waals surface area (Å²) in [5.74, 6) is -0.304. The number of amides is 1. The summed E-state index contributed by atoms with van der Waals surface area (Å²) in [4.78, 5) is 12.2. The second-order valence-electron chi connectivity index (χ2n) is 3.49. The van der Waals surface area contributed by atoms with Gasteiger partial charge in [0.05, 0.1) is 10.6 Å². The van der Waals surface area contributed by atoms with E-state index in [2.05, 4.69) is 27.9 Å². The Kier molecular flexibility index (Phi) is 5.63. The normalized spacial score (nSPS) is 9.94. The number of halogens is 1. The van der Waals surface area contributed by atoms with Crippen molar-refractivity contribution in [1.29, 1.82) is 0 Å². The molecule has 0 radical (unpaired) electrons. The highest BCUT2D eigenvalue weighted by Gasteiger charge is 2.10. The van der Waals surface area contributed by atoms with E-state index in [1.54, 1.807) is 12.1 Å². The molecule has 0 fully saturated rings. The van der Waals surface area contributed by atoms with Crippen molar-refractivity contribution in [3.05, 3.63) is 27.3 Å². The van der Waals surface area contributed by atoms with Crippen molar-refractivity contribution in [2.45, 2.75) is 12.8 Å². The molecule has 17 heavy (non-hydrogen) atoms. The topological polar surface area (TPSA) is 75.3 Å². The Labute approximate surface area is 119 Å². The van der Waals surface area contributed by atoms with E-state index in [1.807, 2.05) is 0 Å². The van der Waals surface area contributed by atoms with Crippen molar-refractivity contribution in [1.82, 2.24) is 5.32 Å². The van der Waals surface area contributed by atoms with Crippen molar-refractivity contribution in [3.8, 4) is 5.75 Å². The highest BCUT2D eigenvalue weighted by molar-refractivity contribution is 14.1. The van der Waals surface area contributed by atoms with E-state index in [9.17, 15) is 9.90 Å². The Morgan fingerprint density at radius 2 is 2.24 bits per heavy atom. The third kappa shape index (κ3) is 4.86. The van der Waals surface area contributed by atoms with Gasteiger partial charge in [0, 0.05) is 10.1 Å². The Hall–Kier alpha value is -0.890. The van der Waals surface area contributed by atoms with Gasteiger partial charge in [0.15, 0.2) is 0 Å². The molecule has 1 aromatic carbocycles. The molecule has 0 atom stereocenters. The van der Waals surface area contributed by atoms with Gasteiger partial charge in [-0.2, -0.15) is 0 Å². The van der Waals surface area contributed by atoms with E-state index in [0.717, 1.165) is 3.57 Å². The van der Waals surface area contributed by atoms with Crippen LogP contribution in [0.5, 0.6) is 5.75 Å². The van der Waals surface area contributed by atoms with Crippen LogP contribution in [0.25, 0.3) is 0 Å². The van der Waals surface area contributed by atoms with E-state index in [1.165, 1.54) is 6.07 Å². The number of phenols is 1. The van der Waals surface area contributed by atoms with Gasteiger partial charge < -0.3 is 16.2 Å². The quantitative estimate of drug-likeness (QED) is 0.423. The molecule has 0 saturated heterocycles. The zero-order valence-electron chi connectivity index (χ0n) is 9.07. The van der Waals surface area contributed by atoms with E-state index in [0.29, 0.717) is 24.4 Å². The molecule has 0 aromatic heterocycles. The molecule has 0 aliphatic rings. The molecule has 0 aliphatic heterocycles. The molecule has 92 valence electrons. The minimum Gasteiger partial charge on any atom is -0.507 e. The summed E-state index contributed by atoms with van der Waals surface area (Å²) in [5, 5.41) is 12.3. The standard InChI is InChI=1S/C11H13IN2O2S/c12-7-3-4-9(15)8(6-7)11(16)14-5-1-2-10(13)17/h3-4,6,15H,1-2,5H2,(H2,13,17)(H,14,16). The lowest BCUT2D eigenvalue weighted by Gasteiger charge is -2.07. The van der Waals surface area contributed by atoms with Crippen LogP contribution in [0.1, 0.15) is 23.2 Å². The number of carbonyl (C=O) groups excluding carboxylic acids is 1. The van der Waals surface area contributed by atoms with Gasteiger partial charge >= 0.3 is 0 Å². The molecule has 0 unspecified atom stereocenters. The summed E-state index contributed by atoms with van der Waals surface area (Å²) in [6, 6.07) is 4.88. The molecule has 0 aliphatic carbocycles. The maximum atomic E-state index is 11.7. The van der Waals surface area contributed by atoms with Gasteiger partial charge in [-0.15, -0.1) is 0 Å². The summed E-state index contributed by atoms with van der Waals surface area (Å²) in [7, 11) is 0. The lowest BCUT2D eigenvalue weighted by molar-refractivity contribution is 0.0950. The number of aromatic hydroxyl groups is 1. The van der Waals surface area contributed by atoms with Crippen LogP contribution in [0.3, 0.4) is 0 Å². The molecule has 6 heteroatoms. The number of benzene rings is 1. The lowest BCUT2D eigenvalue weighted by atomic mass is 10.2. The molecule has 0 spiro atoms. The minimum atomic E-state index is -0.288. The maximum absolute atomic E-state index is 11.7. The van der Waals surface area contributed by atoms with Crippen LogP contribution in [0.4, 0.5) is 0 Å². The van der Waals surface area contributed by atoms with E-state index in [4.69, 9.17) is 18.0 Å². The summed E-state index contributed by atoms with van der Waals surface area (Å²) >= 11 is 6.81. The Morgan fingerprint density at radius 3 is 2.88 bits per heavy atom. The zero-order valence-corrected chi connectivity index (χ0v) is 12.0. The zero-order chi connectivity index (χ0) is 12.8. The summed E-state index contributed by atoms with van der Waals surface area (Å²) < 4.78 is 0.897. The molecule has 1 rings (SSSR count). The van der Waals surface area contributed by atoms with Crippen LogP contribution in [-0.4, -0.2) is 22.5 Å². The van der Waals surface area contributed by atoms with Gasteiger partial charge in [-0.3, -0.25) is 4.79 Å². The summed E-state index contributed by atoms with van der Waals surface area (Å²) in [6.07, 6.45) is 1.31. The fraction of sp³-hybridized carbons (Fsp3) is 0.273. The monoisotopic (exact) mass is 364 g/mol. The maximum Gasteiger partial charge on any atom is 0.255 e. The molecular weight excluding hydrogens is 351 g/mol. The highest BCUT2D eigenvalue weighted by atomic mass is 127. The van der Waals surface area contributed by atoms with Crippen molar-refractivity contribution < 1.29 is 9.90 Å². The molecule has 4 N–H and O–H groups in total. The SMILES string of the molecule is NC(=S)CCCNC(=O)c1cc(I)ccc1O. The first-order chi connectivity index (χ1) is 8.00. The minimum absolute atomic E-state index is 0.0164. The Morgan fingerprint density at radius 1 is 1.53 bits per heavy atom. The average molecular weight is 364 g/mol. The van der Waals surface area contributed by atoms with Crippen molar-refractivity contribution in [2.24, 2.45) is 5.73 Å². The van der Waals surface area contributed by atoms with Crippen LogP contribution in [0.15, 0.2) is 18.2 Å². The van der Waals surface area contributed by atoms with Gasteiger partial charge in [-0.1, -0.05) is 12.2 Å². The number of nitrogens with one attached hydrogen (secondary N) is 1. The third-order valence-corrected chi connectivity index (χ3v) is 2.96. The molecule has 0 bridgehead atoms. The van der Waals surface area contributed by atoms with Gasteiger partial charge in [-0.05, 0) is 53.6 Å². The van der Waals surface area contributed by atoms with E-state index in [-0.39, 0.29) is 17.2 Å². The molecule has 1 aromatic rings. The van der Waals surface area contributed by atoms with Gasteiger partial charge in [0.2, 0.25) is 0 Å². The van der Waals surface area contributed by atoms with Crippen LogP contribution in [0, 0.1) is 3.57 Å². The first-order valence-corrected chi connectivity index (χ1v) is 6.54. The third-order valence-electron chi connectivity index (χ3n) is 2.09. The number of phenolic OH excluding ortho intramolecular Hbond substituents is 1. The molecule has 1 amide bonds. The number of carbonyl (C=O) groups is 1. The molecule has 4 nitrogen and oxygen atoms in total. The Balaban J connectivity index is 2.52. The molecule has 0 saturated carbocycles. The number of hydrogen-bond acceptors (Lipinski definition) is 3. The number of rotatable bonds is 5. The summed E-state index contributed by atoms with van der Waals surface area (Å²) in [5.41, 5.74) is 5.63. The average Bonchev–Trinajstić information content (AvgIpc) is 2.27. The number of hydrogen-bond donors (Lipinski definition) is 3. The predicted octanol–water partition coefficient (Wildman–Crippen LogP) is 1.79. The van der Waals surface area contributed by atoms with Crippen LogP contribution < -0.4 is 11.1 Å². The second kappa shape index (κ2) is 6.75. The van der Waals surface area contributed by atoms with Gasteiger partial charge in [0.1, 0.15) is 5.75 Å².